The third-order valence-corrected chi connectivity index (χ3v) is 5.36. The normalized spacial score (nSPS) is 31.7. The third-order valence-electron chi connectivity index (χ3n) is 5.36. The van der Waals surface area contributed by atoms with Gasteiger partial charge in [-0.2, -0.15) is 0 Å². The summed E-state index contributed by atoms with van der Waals surface area (Å²) in [6.45, 7) is 1.20. The second kappa shape index (κ2) is 7.89. The molecule has 3 heterocycles. The number of amides is 1. The number of nitrogens with zero attached hydrogens (tertiary/aromatic N) is 3. The molecule has 0 spiro atoms. The van der Waals surface area contributed by atoms with Crippen LogP contribution in [0.25, 0.3) is 0 Å². The van der Waals surface area contributed by atoms with Crippen molar-refractivity contribution in [3.8, 4) is 0 Å². The molecule has 3 fully saturated rings. The molecule has 1 aliphatic carbocycles. The highest BCUT2D eigenvalue weighted by Crippen LogP contribution is 2.35. The Morgan fingerprint density at radius 1 is 1.27 bits per heavy atom. The summed E-state index contributed by atoms with van der Waals surface area (Å²) in [7, 11) is 1.62. The molecule has 1 N–H and O–H groups in total. The van der Waals surface area contributed by atoms with Crippen LogP contribution in [0.3, 0.4) is 0 Å². The average molecular weight is 366 g/mol. The number of carbonyl (C=O) groups excluding carboxylic acids is 1. The van der Waals surface area contributed by atoms with Gasteiger partial charge in [0.2, 0.25) is 0 Å². The Bertz CT molecular complexity index is 618. The minimum atomic E-state index is -0.393. The van der Waals surface area contributed by atoms with Crippen LogP contribution in [-0.2, 0) is 25.6 Å². The van der Waals surface area contributed by atoms with E-state index in [0.717, 1.165) is 31.4 Å². The quantitative estimate of drug-likeness (QED) is 0.836. The van der Waals surface area contributed by atoms with Crippen LogP contribution in [-0.4, -0.2) is 65.8 Å². The highest BCUT2D eigenvalue weighted by atomic mass is 16.6. The van der Waals surface area contributed by atoms with Crippen molar-refractivity contribution in [2.24, 2.45) is 0 Å². The SMILES string of the molecule is COCc1cn([C@H]2CO[C@H]3[C@@H]2OC[C@H]3OC(=O)NC2CCCCC2)nn1. The molecular formula is C17H26N4O5. The van der Waals surface area contributed by atoms with Crippen LogP contribution < -0.4 is 5.32 Å². The minimum Gasteiger partial charge on any atom is -0.441 e. The number of hydrogen-bond acceptors (Lipinski definition) is 7. The Hall–Kier alpha value is -1.71. The summed E-state index contributed by atoms with van der Waals surface area (Å²) in [5.74, 6) is 0. The lowest BCUT2D eigenvalue weighted by Crippen LogP contribution is -2.41. The highest BCUT2D eigenvalue weighted by molar-refractivity contribution is 5.68. The monoisotopic (exact) mass is 366 g/mol. The molecule has 1 aromatic rings. The van der Waals surface area contributed by atoms with Gasteiger partial charge >= 0.3 is 6.09 Å². The van der Waals surface area contributed by atoms with Crippen LogP contribution in [0.2, 0.25) is 0 Å². The van der Waals surface area contributed by atoms with Gasteiger partial charge in [0.15, 0.2) is 6.10 Å². The van der Waals surface area contributed by atoms with Crippen LogP contribution in [0.4, 0.5) is 4.79 Å². The van der Waals surface area contributed by atoms with Crippen molar-refractivity contribution in [1.29, 1.82) is 0 Å². The summed E-state index contributed by atoms with van der Waals surface area (Å²) in [5, 5.41) is 11.2. The van der Waals surface area contributed by atoms with Gasteiger partial charge in [-0.05, 0) is 12.8 Å². The predicted octanol–water partition coefficient (Wildman–Crippen LogP) is 1.19. The maximum absolute atomic E-state index is 12.2. The van der Waals surface area contributed by atoms with Crippen molar-refractivity contribution in [3.63, 3.8) is 0 Å². The molecule has 0 bridgehead atoms. The van der Waals surface area contributed by atoms with E-state index < -0.39 is 6.10 Å². The molecule has 26 heavy (non-hydrogen) atoms. The molecule has 9 nitrogen and oxygen atoms in total. The number of methoxy groups -OCH3 is 1. The van der Waals surface area contributed by atoms with Gasteiger partial charge in [0.25, 0.3) is 0 Å². The maximum Gasteiger partial charge on any atom is 0.407 e. The van der Waals surface area contributed by atoms with Crippen molar-refractivity contribution < 1.29 is 23.7 Å². The van der Waals surface area contributed by atoms with E-state index in [1.807, 2.05) is 6.20 Å². The summed E-state index contributed by atoms with van der Waals surface area (Å²) in [6, 6.07) is 0.147. The van der Waals surface area contributed by atoms with E-state index >= 15 is 0 Å². The number of rotatable bonds is 5. The van der Waals surface area contributed by atoms with Gasteiger partial charge in [-0.3, -0.25) is 0 Å². The van der Waals surface area contributed by atoms with Gasteiger partial charge < -0.3 is 24.3 Å². The standard InChI is InChI=1S/C17H26N4O5/c1-23-8-12-7-21(20-19-12)13-9-24-16-14(10-25-15(13)16)26-17(22)18-11-5-3-2-4-6-11/h7,11,13-16H,2-6,8-10H2,1H3,(H,18,22)/t13-,14+,15+,16+/m0/s1. The van der Waals surface area contributed by atoms with Gasteiger partial charge in [0, 0.05) is 13.2 Å². The van der Waals surface area contributed by atoms with Crippen LogP contribution in [0.15, 0.2) is 6.20 Å². The molecule has 144 valence electrons. The van der Waals surface area contributed by atoms with Crippen molar-refractivity contribution in [2.75, 3.05) is 20.3 Å². The van der Waals surface area contributed by atoms with Gasteiger partial charge in [0.1, 0.15) is 23.9 Å². The number of carbonyl (C=O) groups is 1. The first-order valence-corrected chi connectivity index (χ1v) is 9.34. The van der Waals surface area contributed by atoms with Crippen molar-refractivity contribution in [2.45, 2.75) is 69.1 Å². The zero-order valence-corrected chi connectivity index (χ0v) is 15.0. The number of fused-ring (bicyclic) bond motifs is 1. The van der Waals surface area contributed by atoms with Crippen molar-refractivity contribution in [1.82, 2.24) is 20.3 Å². The predicted molar refractivity (Wildman–Crippen MR) is 89.5 cm³/mol. The first kappa shape index (κ1) is 17.7. The van der Waals surface area contributed by atoms with Crippen LogP contribution in [0, 0.1) is 0 Å². The topological polar surface area (TPSA) is 96.7 Å². The minimum absolute atomic E-state index is 0.0758. The Kier molecular flexibility index (Phi) is 5.37. The van der Waals surface area contributed by atoms with Crippen LogP contribution in [0.1, 0.15) is 43.8 Å². The summed E-state index contributed by atoms with van der Waals surface area (Å²) >= 11 is 0. The second-order valence-corrected chi connectivity index (χ2v) is 7.21. The highest BCUT2D eigenvalue weighted by Gasteiger charge is 2.50. The smallest absolute Gasteiger partial charge is 0.407 e. The van der Waals surface area contributed by atoms with Crippen LogP contribution in [0.5, 0.6) is 0 Å². The van der Waals surface area contributed by atoms with Crippen molar-refractivity contribution >= 4 is 6.09 Å². The summed E-state index contributed by atoms with van der Waals surface area (Å²) in [4.78, 5) is 12.2. The fourth-order valence-corrected chi connectivity index (χ4v) is 4.05. The van der Waals surface area contributed by atoms with E-state index in [0.29, 0.717) is 19.8 Å². The summed E-state index contributed by atoms with van der Waals surface area (Å²) in [6.07, 6.45) is 6.23. The maximum atomic E-state index is 12.2. The fourth-order valence-electron chi connectivity index (χ4n) is 4.05. The lowest BCUT2D eigenvalue weighted by Gasteiger charge is -2.24. The number of alkyl carbamates (subject to hydrolysis) is 1. The first-order chi connectivity index (χ1) is 12.7. The van der Waals surface area contributed by atoms with E-state index in [1.165, 1.54) is 6.42 Å². The lowest BCUT2D eigenvalue weighted by molar-refractivity contribution is 0.00170. The first-order valence-electron chi connectivity index (χ1n) is 9.34. The third kappa shape index (κ3) is 3.70. The van der Waals surface area contributed by atoms with Gasteiger partial charge in [-0.25, -0.2) is 9.48 Å². The molecule has 4 rings (SSSR count). The van der Waals surface area contributed by atoms with E-state index in [9.17, 15) is 4.79 Å². The molecule has 0 radical (unpaired) electrons. The zero-order valence-electron chi connectivity index (χ0n) is 15.0. The summed E-state index contributed by atoms with van der Waals surface area (Å²) in [5.41, 5.74) is 0.758. The molecule has 0 unspecified atom stereocenters. The Labute approximate surface area is 152 Å². The molecule has 0 aromatic carbocycles. The molecule has 1 amide bonds. The molecule has 2 saturated heterocycles. The molecule has 4 atom stereocenters. The Balaban J connectivity index is 1.32. The molecule has 1 saturated carbocycles. The Morgan fingerprint density at radius 2 is 2.08 bits per heavy atom. The fraction of sp³-hybridized carbons (Fsp3) is 0.824. The average Bonchev–Trinajstić information content (AvgIpc) is 3.34. The number of nitrogens with one attached hydrogen (secondary N) is 1. The summed E-state index contributed by atoms with van der Waals surface area (Å²) < 4.78 is 24.1. The van der Waals surface area contributed by atoms with E-state index in [2.05, 4.69) is 15.6 Å². The van der Waals surface area contributed by atoms with Crippen LogP contribution >= 0.6 is 0 Å². The van der Waals surface area contributed by atoms with Gasteiger partial charge in [-0.1, -0.05) is 24.5 Å². The number of ether oxygens (including phenoxy) is 4. The molecule has 1 aromatic heterocycles. The largest absolute Gasteiger partial charge is 0.441 e. The second-order valence-electron chi connectivity index (χ2n) is 7.21. The molecule has 2 aliphatic heterocycles. The zero-order chi connectivity index (χ0) is 17.9. The Morgan fingerprint density at radius 3 is 2.88 bits per heavy atom. The number of aromatic nitrogens is 3. The van der Waals surface area contributed by atoms with Gasteiger partial charge in [0.05, 0.1) is 26.0 Å². The molecular weight excluding hydrogens is 340 g/mol. The lowest BCUT2D eigenvalue weighted by atomic mass is 9.96. The van der Waals surface area contributed by atoms with E-state index in [-0.39, 0.29) is 30.4 Å². The molecule has 9 heteroatoms. The number of hydrogen-bond donors (Lipinski definition) is 1. The molecule has 3 aliphatic rings. The van der Waals surface area contributed by atoms with E-state index in [1.54, 1.807) is 11.8 Å². The van der Waals surface area contributed by atoms with Crippen molar-refractivity contribution in [3.05, 3.63) is 11.9 Å². The van der Waals surface area contributed by atoms with E-state index in [4.69, 9.17) is 18.9 Å². The van der Waals surface area contributed by atoms with Gasteiger partial charge in [-0.15, -0.1) is 5.10 Å².